The second-order valence-corrected chi connectivity index (χ2v) is 8.23. The van der Waals surface area contributed by atoms with E-state index in [1.54, 1.807) is 0 Å². The quantitative estimate of drug-likeness (QED) is 0.646. The minimum absolute atomic E-state index is 0.349. The molecule has 2 aromatic heterocycles. The van der Waals surface area contributed by atoms with Gasteiger partial charge in [0, 0.05) is 19.3 Å². The van der Waals surface area contributed by atoms with E-state index < -0.39 is 0 Å². The fourth-order valence-corrected chi connectivity index (χ4v) is 4.71. The molecule has 29 heavy (non-hydrogen) atoms. The smallest absolute Gasteiger partial charge is 0.121 e. The van der Waals surface area contributed by atoms with Crippen LogP contribution < -0.4 is 5.32 Å². The van der Waals surface area contributed by atoms with Crippen molar-refractivity contribution >= 4 is 11.0 Å². The highest BCUT2D eigenvalue weighted by atomic mass is 15.2. The molecule has 2 aliphatic rings. The van der Waals surface area contributed by atoms with Gasteiger partial charge >= 0.3 is 0 Å². The predicted molar refractivity (Wildman–Crippen MR) is 117 cm³/mol. The summed E-state index contributed by atoms with van der Waals surface area (Å²) in [6.45, 7) is 3.92. The fourth-order valence-electron chi connectivity index (χ4n) is 4.71. The molecule has 150 valence electrons. The first-order valence-corrected chi connectivity index (χ1v) is 10.9. The number of imidazole rings is 1. The van der Waals surface area contributed by atoms with E-state index in [2.05, 4.69) is 51.6 Å². The molecule has 1 unspecified atom stereocenters. The largest absolute Gasteiger partial charge is 0.341 e. The second kappa shape index (κ2) is 8.47. The number of aromatic amines is 1. The van der Waals surface area contributed by atoms with Crippen LogP contribution in [0.15, 0.2) is 54.2 Å². The second-order valence-electron chi connectivity index (χ2n) is 8.23. The van der Waals surface area contributed by atoms with E-state index in [9.17, 15) is 0 Å². The molecule has 0 radical (unpaired) electrons. The highest BCUT2D eigenvalue weighted by Crippen LogP contribution is 2.33. The molecule has 5 nitrogen and oxygen atoms in total. The molecule has 1 aromatic carbocycles. The first-order chi connectivity index (χ1) is 14.4. The summed E-state index contributed by atoms with van der Waals surface area (Å²) >= 11 is 0. The first kappa shape index (κ1) is 18.5. The number of piperidine rings is 1. The van der Waals surface area contributed by atoms with Gasteiger partial charge in [0.25, 0.3) is 0 Å². The Morgan fingerprint density at radius 2 is 2.07 bits per heavy atom. The number of nitrogens with zero attached hydrogens (tertiary/aromatic N) is 3. The Hall–Kier alpha value is -2.50. The van der Waals surface area contributed by atoms with Gasteiger partial charge < -0.3 is 10.3 Å². The van der Waals surface area contributed by atoms with Crippen molar-refractivity contribution < 1.29 is 0 Å². The van der Waals surface area contributed by atoms with Crippen molar-refractivity contribution in [2.75, 3.05) is 19.6 Å². The van der Waals surface area contributed by atoms with Crippen molar-refractivity contribution in [2.45, 2.75) is 44.7 Å². The molecule has 5 heteroatoms. The van der Waals surface area contributed by atoms with Crippen molar-refractivity contribution in [3.05, 3.63) is 71.3 Å². The molecular weight excluding hydrogens is 358 g/mol. The molecule has 0 amide bonds. The molecule has 3 heterocycles. The zero-order chi connectivity index (χ0) is 19.5. The standard InChI is InChI=1S/C24H29N5/c1-2-10-21-20(9-1)27-23(28-21)17-29(15-12-18-6-4-13-25-16-18)22-11-3-7-19-8-5-14-26-24(19)22/h1-2,5,8-10,12,14,22,25H,3-4,6-7,11,13,15-17H2,(H,27,28)/b18-12-. The maximum Gasteiger partial charge on any atom is 0.121 e. The van der Waals surface area contributed by atoms with Gasteiger partial charge in [-0.25, -0.2) is 4.98 Å². The number of nitrogens with one attached hydrogen (secondary N) is 2. The maximum atomic E-state index is 4.85. The van der Waals surface area contributed by atoms with E-state index in [0.29, 0.717) is 6.04 Å². The fraction of sp³-hybridized carbons (Fsp3) is 0.417. The summed E-state index contributed by atoms with van der Waals surface area (Å²) < 4.78 is 0. The Balaban J connectivity index is 1.44. The van der Waals surface area contributed by atoms with Crippen molar-refractivity contribution in [2.24, 2.45) is 0 Å². The van der Waals surface area contributed by atoms with Gasteiger partial charge in [-0.3, -0.25) is 9.88 Å². The van der Waals surface area contributed by atoms with Crippen LogP contribution >= 0.6 is 0 Å². The number of aromatic nitrogens is 3. The van der Waals surface area contributed by atoms with Crippen LogP contribution in [-0.2, 0) is 13.0 Å². The molecule has 0 bridgehead atoms. The van der Waals surface area contributed by atoms with E-state index >= 15 is 0 Å². The molecule has 1 saturated heterocycles. The van der Waals surface area contributed by atoms with Gasteiger partial charge in [0.2, 0.25) is 0 Å². The Labute approximate surface area is 172 Å². The molecule has 3 aromatic rings. The summed E-state index contributed by atoms with van der Waals surface area (Å²) in [7, 11) is 0. The molecule has 2 N–H and O–H groups in total. The molecule has 1 fully saturated rings. The number of hydrogen-bond donors (Lipinski definition) is 2. The average molecular weight is 388 g/mol. The van der Waals surface area contributed by atoms with Crippen LogP contribution in [0.5, 0.6) is 0 Å². The van der Waals surface area contributed by atoms with E-state index in [-0.39, 0.29) is 0 Å². The molecule has 5 rings (SSSR count). The monoisotopic (exact) mass is 387 g/mol. The van der Waals surface area contributed by atoms with Crippen LogP contribution in [0.1, 0.15) is 48.8 Å². The van der Waals surface area contributed by atoms with Crippen LogP contribution in [0.3, 0.4) is 0 Å². The predicted octanol–water partition coefficient (Wildman–Crippen LogP) is 4.15. The van der Waals surface area contributed by atoms with Crippen LogP contribution in [0, 0.1) is 0 Å². The summed E-state index contributed by atoms with van der Waals surface area (Å²) in [5, 5.41) is 3.50. The third-order valence-electron chi connectivity index (χ3n) is 6.22. The number of aryl methyl sites for hydroxylation is 1. The number of rotatable bonds is 5. The lowest BCUT2D eigenvalue weighted by Crippen LogP contribution is -2.33. The van der Waals surface area contributed by atoms with Crippen molar-refractivity contribution in [3.63, 3.8) is 0 Å². The summed E-state index contributed by atoms with van der Waals surface area (Å²) in [6.07, 6.45) is 10.4. The summed E-state index contributed by atoms with van der Waals surface area (Å²) in [6, 6.07) is 13.0. The van der Waals surface area contributed by atoms with E-state index in [1.165, 1.54) is 36.1 Å². The van der Waals surface area contributed by atoms with Crippen LogP contribution in [-0.4, -0.2) is 39.5 Å². The Morgan fingerprint density at radius 3 is 2.97 bits per heavy atom. The maximum absolute atomic E-state index is 4.85. The van der Waals surface area contributed by atoms with Crippen molar-refractivity contribution in [3.8, 4) is 0 Å². The number of pyridine rings is 1. The third kappa shape index (κ3) is 4.11. The van der Waals surface area contributed by atoms with Crippen LogP contribution in [0.25, 0.3) is 11.0 Å². The van der Waals surface area contributed by atoms with Crippen LogP contribution in [0.4, 0.5) is 0 Å². The minimum atomic E-state index is 0.349. The number of para-hydroxylation sites is 2. The Morgan fingerprint density at radius 1 is 1.10 bits per heavy atom. The Bertz CT molecular complexity index is 964. The normalized spacial score (nSPS) is 21.0. The number of hydrogen-bond acceptors (Lipinski definition) is 4. The SMILES string of the molecule is C(/CN(Cc1nc2ccccc2[nH]1)C1CCCc2cccnc21)=C1\CCCNC1. The molecular formula is C24H29N5. The van der Waals surface area contributed by atoms with Crippen molar-refractivity contribution in [1.29, 1.82) is 0 Å². The molecule has 0 saturated carbocycles. The zero-order valence-electron chi connectivity index (χ0n) is 16.9. The topological polar surface area (TPSA) is 56.8 Å². The van der Waals surface area contributed by atoms with Gasteiger partial charge in [-0.2, -0.15) is 0 Å². The van der Waals surface area contributed by atoms with E-state index in [4.69, 9.17) is 9.97 Å². The minimum Gasteiger partial charge on any atom is -0.341 e. The van der Waals surface area contributed by atoms with Gasteiger partial charge in [0.15, 0.2) is 0 Å². The van der Waals surface area contributed by atoms with Crippen molar-refractivity contribution in [1.82, 2.24) is 25.2 Å². The summed E-state index contributed by atoms with van der Waals surface area (Å²) in [5.74, 6) is 1.04. The molecule has 0 spiro atoms. The van der Waals surface area contributed by atoms with E-state index in [0.717, 1.165) is 55.9 Å². The zero-order valence-corrected chi connectivity index (χ0v) is 16.9. The molecule has 1 atom stereocenters. The average Bonchev–Trinajstić information content (AvgIpc) is 3.19. The van der Waals surface area contributed by atoms with Gasteiger partial charge in [-0.05, 0) is 62.4 Å². The number of H-pyrrole nitrogens is 1. The van der Waals surface area contributed by atoms with Crippen LogP contribution in [0.2, 0.25) is 0 Å². The third-order valence-corrected chi connectivity index (χ3v) is 6.22. The number of benzene rings is 1. The van der Waals surface area contributed by atoms with E-state index in [1.807, 2.05) is 12.3 Å². The number of fused-ring (bicyclic) bond motifs is 2. The van der Waals surface area contributed by atoms with Gasteiger partial charge in [-0.15, -0.1) is 0 Å². The molecule has 1 aliphatic heterocycles. The molecule has 1 aliphatic carbocycles. The summed E-state index contributed by atoms with van der Waals surface area (Å²) in [5.41, 5.74) is 6.35. The lowest BCUT2D eigenvalue weighted by atomic mass is 9.90. The first-order valence-electron chi connectivity index (χ1n) is 10.9. The Kier molecular flexibility index (Phi) is 5.41. The van der Waals surface area contributed by atoms with Gasteiger partial charge in [-0.1, -0.05) is 29.8 Å². The highest BCUT2D eigenvalue weighted by molar-refractivity contribution is 5.74. The summed E-state index contributed by atoms with van der Waals surface area (Å²) in [4.78, 5) is 15.7. The lowest BCUT2D eigenvalue weighted by molar-refractivity contribution is 0.181. The van der Waals surface area contributed by atoms with Gasteiger partial charge in [0.05, 0.1) is 29.3 Å². The lowest BCUT2D eigenvalue weighted by Gasteiger charge is -2.34. The van der Waals surface area contributed by atoms with Gasteiger partial charge in [0.1, 0.15) is 5.82 Å². The highest BCUT2D eigenvalue weighted by Gasteiger charge is 2.27.